The van der Waals surface area contributed by atoms with Gasteiger partial charge in [-0.2, -0.15) is 0 Å². The van der Waals surface area contributed by atoms with Crippen LogP contribution in [-0.4, -0.2) is 12.2 Å². The van der Waals surface area contributed by atoms with Crippen molar-refractivity contribution < 1.29 is 4.74 Å². The predicted molar refractivity (Wildman–Crippen MR) is 70.9 cm³/mol. The highest BCUT2D eigenvalue weighted by Gasteiger charge is 2.49. The summed E-state index contributed by atoms with van der Waals surface area (Å²) in [6.45, 7) is 5.50. The molecule has 4 rings (SSSR count). The smallest absolute Gasteiger partial charge is 0.0967 e. The molecule has 0 spiro atoms. The van der Waals surface area contributed by atoms with Gasteiger partial charge in [0.15, 0.2) is 0 Å². The molecule has 1 heteroatoms. The Bertz CT molecular complexity index is 360. The van der Waals surface area contributed by atoms with Crippen molar-refractivity contribution in [3.63, 3.8) is 0 Å². The lowest BCUT2D eigenvalue weighted by Gasteiger charge is -2.51. The van der Waals surface area contributed by atoms with Crippen LogP contribution in [0.15, 0.2) is 23.3 Å². The van der Waals surface area contributed by atoms with Crippen molar-refractivity contribution >= 4 is 0 Å². The molecular weight excluding hydrogens is 208 g/mol. The minimum atomic E-state index is 0.0750. The molecule has 2 saturated carbocycles. The third kappa shape index (κ3) is 1.99. The summed E-state index contributed by atoms with van der Waals surface area (Å²) in [6, 6.07) is 0. The number of fused-ring (bicyclic) bond motifs is 1. The van der Waals surface area contributed by atoms with Crippen LogP contribution >= 0.6 is 0 Å². The summed E-state index contributed by atoms with van der Waals surface area (Å²) in [5.41, 5.74) is 3.06. The fourth-order valence-corrected chi connectivity index (χ4v) is 3.72. The van der Waals surface area contributed by atoms with Gasteiger partial charge < -0.3 is 4.74 Å². The first-order chi connectivity index (χ1) is 8.20. The summed E-state index contributed by atoms with van der Waals surface area (Å²) in [5.74, 6) is 1.45. The van der Waals surface area contributed by atoms with Crippen molar-refractivity contribution in [2.45, 2.75) is 58.0 Å². The molecule has 0 aromatic rings. The molecule has 0 aliphatic heterocycles. The molecule has 2 unspecified atom stereocenters. The molecule has 0 amide bonds. The summed E-state index contributed by atoms with van der Waals surface area (Å²) in [4.78, 5) is 0. The second-order valence-corrected chi connectivity index (χ2v) is 6.28. The van der Waals surface area contributed by atoms with Gasteiger partial charge in [0.1, 0.15) is 0 Å². The molecule has 2 bridgehead atoms. The maximum absolute atomic E-state index is 6.34. The zero-order chi connectivity index (χ0) is 11.9. The van der Waals surface area contributed by atoms with Crippen LogP contribution in [0.2, 0.25) is 0 Å². The van der Waals surface area contributed by atoms with Gasteiger partial charge in [0, 0.05) is 12.3 Å². The van der Waals surface area contributed by atoms with E-state index in [1.54, 1.807) is 5.57 Å². The van der Waals surface area contributed by atoms with Crippen LogP contribution in [0.25, 0.3) is 0 Å². The number of hydrogen-bond donors (Lipinski definition) is 0. The molecule has 17 heavy (non-hydrogen) atoms. The van der Waals surface area contributed by atoms with E-state index < -0.39 is 0 Å². The molecule has 2 atom stereocenters. The standard InChI is InChI=1S/C16H24O/c1-12-8-15-10-16(9-12,13(15)2)17-11-14-6-4-3-5-7-14/h8-9,13-14H,3-7,10-11H2,1-2H3. The van der Waals surface area contributed by atoms with E-state index in [2.05, 4.69) is 26.0 Å². The topological polar surface area (TPSA) is 9.23 Å². The molecule has 4 aliphatic rings. The van der Waals surface area contributed by atoms with Crippen LogP contribution in [0.5, 0.6) is 0 Å². The highest BCUT2D eigenvalue weighted by molar-refractivity contribution is 5.44. The van der Waals surface area contributed by atoms with Crippen molar-refractivity contribution in [1.29, 1.82) is 0 Å². The Kier molecular flexibility index (Phi) is 2.90. The Morgan fingerprint density at radius 1 is 1.29 bits per heavy atom. The van der Waals surface area contributed by atoms with E-state index in [-0.39, 0.29) is 5.60 Å². The molecule has 2 fully saturated rings. The van der Waals surface area contributed by atoms with Gasteiger partial charge in [0.2, 0.25) is 0 Å². The summed E-state index contributed by atoms with van der Waals surface area (Å²) in [7, 11) is 0. The average molecular weight is 232 g/mol. The lowest BCUT2D eigenvalue weighted by Crippen LogP contribution is -2.51. The van der Waals surface area contributed by atoms with E-state index >= 15 is 0 Å². The maximum atomic E-state index is 6.34. The quantitative estimate of drug-likeness (QED) is 0.707. The zero-order valence-electron chi connectivity index (χ0n) is 11.2. The molecule has 0 N–H and O–H groups in total. The summed E-state index contributed by atoms with van der Waals surface area (Å²) >= 11 is 0. The molecule has 0 aromatic heterocycles. The largest absolute Gasteiger partial charge is 0.370 e. The number of ether oxygens (including phenoxy) is 1. The second-order valence-electron chi connectivity index (χ2n) is 6.28. The zero-order valence-corrected chi connectivity index (χ0v) is 11.2. The molecular formula is C16H24O. The first kappa shape index (κ1) is 11.5. The summed E-state index contributed by atoms with van der Waals surface area (Å²) in [6.07, 6.45) is 12.9. The van der Waals surface area contributed by atoms with Crippen molar-refractivity contribution in [2.75, 3.05) is 6.61 Å². The lowest BCUT2D eigenvalue weighted by atomic mass is 9.62. The first-order valence-corrected chi connectivity index (χ1v) is 7.23. The molecule has 4 aliphatic carbocycles. The van der Waals surface area contributed by atoms with Crippen molar-refractivity contribution in [3.8, 4) is 0 Å². The van der Waals surface area contributed by atoms with Crippen LogP contribution in [0.4, 0.5) is 0 Å². The van der Waals surface area contributed by atoms with Gasteiger partial charge >= 0.3 is 0 Å². The van der Waals surface area contributed by atoms with Gasteiger partial charge in [-0.1, -0.05) is 43.4 Å². The maximum Gasteiger partial charge on any atom is 0.0967 e. The molecule has 0 heterocycles. The lowest BCUT2D eigenvalue weighted by molar-refractivity contribution is -0.0895. The minimum Gasteiger partial charge on any atom is -0.370 e. The monoisotopic (exact) mass is 232 g/mol. The first-order valence-electron chi connectivity index (χ1n) is 7.23. The highest BCUT2D eigenvalue weighted by Crippen LogP contribution is 2.51. The van der Waals surface area contributed by atoms with Crippen molar-refractivity contribution in [3.05, 3.63) is 23.3 Å². The number of allylic oxidation sites excluding steroid dienone is 2. The molecule has 94 valence electrons. The van der Waals surface area contributed by atoms with Crippen LogP contribution in [-0.2, 0) is 4.74 Å². The Labute approximate surface area is 105 Å². The minimum absolute atomic E-state index is 0.0750. The van der Waals surface area contributed by atoms with E-state index in [1.165, 1.54) is 37.7 Å². The van der Waals surface area contributed by atoms with Gasteiger partial charge in [0.25, 0.3) is 0 Å². The number of rotatable bonds is 3. The Hall–Kier alpha value is -0.560. The van der Waals surface area contributed by atoms with Crippen molar-refractivity contribution in [2.24, 2.45) is 11.8 Å². The highest BCUT2D eigenvalue weighted by atomic mass is 16.5. The summed E-state index contributed by atoms with van der Waals surface area (Å²) < 4.78 is 6.34. The average Bonchev–Trinajstić information content (AvgIpc) is 2.36. The summed E-state index contributed by atoms with van der Waals surface area (Å²) in [5, 5.41) is 0. The molecule has 0 saturated heterocycles. The third-order valence-corrected chi connectivity index (χ3v) is 4.97. The second kappa shape index (κ2) is 4.28. The normalized spacial score (nSPS) is 37.2. The van der Waals surface area contributed by atoms with E-state index in [0.717, 1.165) is 18.9 Å². The van der Waals surface area contributed by atoms with Crippen LogP contribution in [0.1, 0.15) is 52.4 Å². The van der Waals surface area contributed by atoms with E-state index in [1.807, 2.05) is 0 Å². The van der Waals surface area contributed by atoms with Gasteiger partial charge in [-0.05, 0) is 31.8 Å². The van der Waals surface area contributed by atoms with E-state index in [9.17, 15) is 0 Å². The SMILES string of the molecule is CC1=CC2(OCC3CCCCC3)CC(=C1)C2C. The fraction of sp³-hybridized carbons (Fsp3) is 0.750. The Balaban J connectivity index is 1.60. The van der Waals surface area contributed by atoms with Crippen LogP contribution < -0.4 is 0 Å². The molecule has 0 radical (unpaired) electrons. The van der Waals surface area contributed by atoms with E-state index in [4.69, 9.17) is 4.74 Å². The van der Waals surface area contributed by atoms with Crippen LogP contribution in [0.3, 0.4) is 0 Å². The van der Waals surface area contributed by atoms with Gasteiger partial charge in [-0.25, -0.2) is 0 Å². The van der Waals surface area contributed by atoms with Gasteiger partial charge in [-0.3, -0.25) is 0 Å². The van der Waals surface area contributed by atoms with Crippen molar-refractivity contribution in [1.82, 2.24) is 0 Å². The Morgan fingerprint density at radius 2 is 2.06 bits per heavy atom. The van der Waals surface area contributed by atoms with E-state index in [0.29, 0.717) is 5.92 Å². The third-order valence-electron chi connectivity index (χ3n) is 4.97. The number of hydrogen-bond acceptors (Lipinski definition) is 1. The fourth-order valence-electron chi connectivity index (χ4n) is 3.72. The molecule has 1 nitrogen and oxygen atoms in total. The van der Waals surface area contributed by atoms with Gasteiger partial charge in [0.05, 0.1) is 12.2 Å². The van der Waals surface area contributed by atoms with Crippen LogP contribution in [0, 0.1) is 11.8 Å². The predicted octanol–water partition coefficient (Wildman–Crippen LogP) is 4.25. The molecule has 0 aromatic carbocycles. The van der Waals surface area contributed by atoms with Gasteiger partial charge in [-0.15, -0.1) is 0 Å². The Morgan fingerprint density at radius 3 is 2.76 bits per heavy atom.